The summed E-state index contributed by atoms with van der Waals surface area (Å²) in [5.41, 5.74) is 5.96. The molecule has 104 valence electrons. The van der Waals surface area contributed by atoms with Gasteiger partial charge in [0.25, 0.3) is 5.91 Å². The number of hydrogen-bond donors (Lipinski definition) is 2. The van der Waals surface area contributed by atoms with Crippen LogP contribution in [0, 0.1) is 0 Å². The Labute approximate surface area is 118 Å². The summed E-state index contributed by atoms with van der Waals surface area (Å²) >= 11 is 5.86. The summed E-state index contributed by atoms with van der Waals surface area (Å²) in [5.74, 6) is 0.0735. The lowest BCUT2D eigenvalue weighted by Gasteiger charge is -2.21. The monoisotopic (exact) mass is 282 g/mol. The number of likely N-dealkylation sites (tertiary alicyclic amines) is 1. The molecule has 1 fully saturated rings. The Morgan fingerprint density at radius 1 is 1.58 bits per heavy atom. The van der Waals surface area contributed by atoms with E-state index in [-0.39, 0.29) is 17.8 Å². The van der Waals surface area contributed by atoms with Crippen molar-refractivity contribution in [2.24, 2.45) is 0 Å². The minimum absolute atomic E-state index is 0.0990. The van der Waals surface area contributed by atoms with Gasteiger partial charge in [-0.05, 0) is 38.9 Å². The van der Waals surface area contributed by atoms with E-state index >= 15 is 0 Å². The van der Waals surface area contributed by atoms with E-state index in [9.17, 15) is 4.79 Å². The zero-order valence-electron chi connectivity index (χ0n) is 11.0. The van der Waals surface area contributed by atoms with Crippen molar-refractivity contribution in [3.05, 3.63) is 22.8 Å². The molecule has 1 saturated heterocycles. The van der Waals surface area contributed by atoms with Crippen molar-refractivity contribution in [3.63, 3.8) is 0 Å². The van der Waals surface area contributed by atoms with Gasteiger partial charge in [-0.25, -0.2) is 4.98 Å². The molecule has 0 bridgehead atoms. The van der Waals surface area contributed by atoms with Crippen LogP contribution in [0.1, 0.15) is 30.1 Å². The third-order valence-electron chi connectivity index (χ3n) is 3.24. The first kappa shape index (κ1) is 14.1. The third-order valence-corrected chi connectivity index (χ3v) is 3.54. The fourth-order valence-corrected chi connectivity index (χ4v) is 2.44. The van der Waals surface area contributed by atoms with Crippen LogP contribution in [0.3, 0.4) is 0 Å². The van der Waals surface area contributed by atoms with E-state index in [0.29, 0.717) is 10.6 Å². The zero-order chi connectivity index (χ0) is 13.8. The van der Waals surface area contributed by atoms with Gasteiger partial charge in [-0.3, -0.25) is 4.79 Å². The Kier molecular flexibility index (Phi) is 4.61. The topological polar surface area (TPSA) is 71.2 Å². The molecule has 6 heteroatoms. The number of hydrogen-bond acceptors (Lipinski definition) is 4. The summed E-state index contributed by atoms with van der Waals surface area (Å²) in [6, 6.07) is 1.64. The second-order valence-corrected chi connectivity index (χ2v) is 5.38. The number of nitrogen functional groups attached to an aromatic ring is 1. The van der Waals surface area contributed by atoms with Gasteiger partial charge in [0.05, 0.1) is 10.6 Å². The molecule has 2 heterocycles. The molecule has 0 radical (unpaired) electrons. The van der Waals surface area contributed by atoms with Crippen molar-refractivity contribution in [3.8, 4) is 0 Å². The number of nitrogens with zero attached hydrogens (tertiary/aromatic N) is 2. The van der Waals surface area contributed by atoms with Crippen LogP contribution in [-0.2, 0) is 0 Å². The van der Waals surface area contributed by atoms with Crippen LogP contribution in [0.5, 0.6) is 0 Å². The molecule has 1 aromatic rings. The highest BCUT2D eigenvalue weighted by Crippen LogP contribution is 2.16. The van der Waals surface area contributed by atoms with Crippen molar-refractivity contribution in [1.29, 1.82) is 0 Å². The number of anilines is 1. The van der Waals surface area contributed by atoms with Gasteiger partial charge in [0.1, 0.15) is 5.82 Å². The Hall–Kier alpha value is -1.33. The van der Waals surface area contributed by atoms with Gasteiger partial charge in [0.15, 0.2) is 0 Å². The van der Waals surface area contributed by atoms with E-state index in [1.165, 1.54) is 19.0 Å². The molecule has 2 rings (SSSR count). The van der Waals surface area contributed by atoms with E-state index in [2.05, 4.69) is 15.2 Å². The number of carbonyl (C=O) groups excluding carboxylic acids is 1. The largest absolute Gasteiger partial charge is 0.382 e. The zero-order valence-corrected chi connectivity index (χ0v) is 11.8. The summed E-state index contributed by atoms with van der Waals surface area (Å²) in [6.07, 6.45) is 3.94. The predicted molar refractivity (Wildman–Crippen MR) is 76.3 cm³/mol. The summed E-state index contributed by atoms with van der Waals surface area (Å²) in [6.45, 7) is 5.12. The highest BCUT2D eigenvalue weighted by Gasteiger charge is 2.17. The molecule has 1 aliphatic rings. The summed E-state index contributed by atoms with van der Waals surface area (Å²) in [4.78, 5) is 18.3. The maximum Gasteiger partial charge on any atom is 0.253 e. The van der Waals surface area contributed by atoms with Crippen molar-refractivity contribution in [2.75, 3.05) is 25.4 Å². The van der Waals surface area contributed by atoms with Gasteiger partial charge in [-0.15, -0.1) is 0 Å². The van der Waals surface area contributed by atoms with Crippen LogP contribution < -0.4 is 11.1 Å². The molecule has 19 heavy (non-hydrogen) atoms. The molecule has 1 aromatic heterocycles. The number of carbonyl (C=O) groups is 1. The van der Waals surface area contributed by atoms with Crippen LogP contribution in [0.15, 0.2) is 12.3 Å². The molecule has 1 atom stereocenters. The standard InChI is InChI=1S/C13H19ClN4O/c1-9(8-18-4-2-3-5-18)17-13(19)10-6-11(14)12(15)16-7-10/h6-7,9H,2-5,8H2,1H3,(H2,15,16)(H,17,19). The third kappa shape index (κ3) is 3.81. The maximum absolute atomic E-state index is 12.0. The van der Waals surface area contributed by atoms with Gasteiger partial charge in [-0.2, -0.15) is 0 Å². The first-order valence-electron chi connectivity index (χ1n) is 6.50. The molecule has 0 aromatic carbocycles. The smallest absolute Gasteiger partial charge is 0.253 e. The molecule has 1 unspecified atom stereocenters. The Bertz CT molecular complexity index is 460. The first-order chi connectivity index (χ1) is 9.06. The molecule has 5 nitrogen and oxygen atoms in total. The van der Waals surface area contributed by atoms with Gasteiger partial charge < -0.3 is 16.0 Å². The number of pyridine rings is 1. The minimum Gasteiger partial charge on any atom is -0.382 e. The molecule has 0 aliphatic carbocycles. The first-order valence-corrected chi connectivity index (χ1v) is 6.88. The fraction of sp³-hybridized carbons (Fsp3) is 0.538. The van der Waals surface area contributed by atoms with Crippen molar-refractivity contribution >= 4 is 23.3 Å². The number of nitrogens with one attached hydrogen (secondary N) is 1. The number of nitrogens with two attached hydrogens (primary N) is 1. The quantitative estimate of drug-likeness (QED) is 0.879. The Morgan fingerprint density at radius 2 is 2.26 bits per heavy atom. The van der Waals surface area contributed by atoms with E-state index in [1.54, 1.807) is 6.07 Å². The van der Waals surface area contributed by atoms with Gasteiger partial charge in [0.2, 0.25) is 0 Å². The van der Waals surface area contributed by atoms with E-state index < -0.39 is 0 Å². The molecule has 0 spiro atoms. The molecule has 1 amide bonds. The lowest BCUT2D eigenvalue weighted by molar-refractivity contribution is 0.0931. The molecule has 0 saturated carbocycles. The van der Waals surface area contributed by atoms with Gasteiger partial charge in [0, 0.05) is 18.8 Å². The maximum atomic E-state index is 12.0. The van der Waals surface area contributed by atoms with Crippen molar-refractivity contribution < 1.29 is 4.79 Å². The average Bonchev–Trinajstić information content (AvgIpc) is 2.85. The normalized spacial score (nSPS) is 17.4. The number of aromatic nitrogens is 1. The van der Waals surface area contributed by atoms with E-state index in [0.717, 1.165) is 19.6 Å². The number of halogens is 1. The summed E-state index contributed by atoms with van der Waals surface area (Å²) in [5, 5.41) is 3.26. The number of rotatable bonds is 4. The fourth-order valence-electron chi connectivity index (χ4n) is 2.28. The highest BCUT2D eigenvalue weighted by atomic mass is 35.5. The van der Waals surface area contributed by atoms with Crippen molar-refractivity contribution in [1.82, 2.24) is 15.2 Å². The van der Waals surface area contributed by atoms with Crippen molar-refractivity contribution in [2.45, 2.75) is 25.8 Å². The highest BCUT2D eigenvalue weighted by molar-refractivity contribution is 6.33. The van der Waals surface area contributed by atoms with Gasteiger partial charge >= 0.3 is 0 Å². The SMILES string of the molecule is CC(CN1CCCC1)NC(=O)c1cnc(N)c(Cl)c1. The molecular formula is C13H19ClN4O. The molecular weight excluding hydrogens is 264 g/mol. The lowest BCUT2D eigenvalue weighted by atomic mass is 10.2. The molecule has 1 aliphatic heterocycles. The van der Waals surface area contributed by atoms with E-state index in [1.807, 2.05) is 6.92 Å². The van der Waals surface area contributed by atoms with Crippen LogP contribution in [-0.4, -0.2) is 41.5 Å². The summed E-state index contributed by atoms with van der Waals surface area (Å²) in [7, 11) is 0. The Balaban J connectivity index is 1.90. The second-order valence-electron chi connectivity index (χ2n) is 4.97. The average molecular weight is 283 g/mol. The van der Waals surface area contributed by atoms with Crippen LogP contribution in [0.25, 0.3) is 0 Å². The van der Waals surface area contributed by atoms with Crippen LogP contribution >= 0.6 is 11.6 Å². The summed E-state index contributed by atoms with van der Waals surface area (Å²) < 4.78 is 0. The second kappa shape index (κ2) is 6.21. The Morgan fingerprint density at radius 3 is 2.89 bits per heavy atom. The van der Waals surface area contributed by atoms with E-state index in [4.69, 9.17) is 17.3 Å². The predicted octanol–water partition coefficient (Wildman–Crippen LogP) is 1.53. The number of amides is 1. The van der Waals surface area contributed by atoms with Crippen LogP contribution in [0.4, 0.5) is 5.82 Å². The van der Waals surface area contributed by atoms with Crippen LogP contribution in [0.2, 0.25) is 5.02 Å². The lowest BCUT2D eigenvalue weighted by Crippen LogP contribution is -2.41. The molecule has 3 N–H and O–H groups in total. The minimum atomic E-state index is -0.166. The van der Waals surface area contributed by atoms with Gasteiger partial charge in [-0.1, -0.05) is 11.6 Å².